The van der Waals surface area contributed by atoms with Gasteiger partial charge < -0.3 is 5.32 Å². The maximum Gasteiger partial charge on any atom is 0.180 e. The number of carbonyl (C=O) groups is 1. The Bertz CT molecular complexity index is 660. The molecular formula is C18H19NO. The van der Waals surface area contributed by atoms with E-state index >= 15 is 0 Å². The van der Waals surface area contributed by atoms with Crippen molar-refractivity contribution in [3.8, 4) is 0 Å². The molecule has 1 aliphatic heterocycles. The molecule has 0 saturated carbocycles. The Labute approximate surface area is 119 Å². The van der Waals surface area contributed by atoms with Gasteiger partial charge in [-0.2, -0.15) is 0 Å². The number of ketones is 1. The molecule has 0 aliphatic carbocycles. The number of hydrogen-bond donors (Lipinski definition) is 1. The molecule has 0 bridgehead atoms. The molecule has 102 valence electrons. The fraction of sp³-hybridized carbons (Fsp3) is 0.278. The van der Waals surface area contributed by atoms with Gasteiger partial charge in [-0.3, -0.25) is 4.79 Å². The van der Waals surface area contributed by atoms with Crippen LogP contribution in [0.15, 0.2) is 42.5 Å². The van der Waals surface area contributed by atoms with Crippen LogP contribution < -0.4 is 5.32 Å². The fourth-order valence-electron chi connectivity index (χ4n) is 2.74. The zero-order valence-electron chi connectivity index (χ0n) is 11.9. The molecule has 1 unspecified atom stereocenters. The van der Waals surface area contributed by atoms with Crippen molar-refractivity contribution in [1.82, 2.24) is 5.32 Å². The molecule has 0 amide bonds. The van der Waals surface area contributed by atoms with Crippen LogP contribution in [0.3, 0.4) is 0 Å². The zero-order valence-corrected chi connectivity index (χ0v) is 11.9. The van der Waals surface area contributed by atoms with Crippen molar-refractivity contribution < 1.29 is 4.79 Å². The number of nitrogens with one attached hydrogen (secondary N) is 1. The van der Waals surface area contributed by atoms with Crippen molar-refractivity contribution >= 4 is 5.78 Å². The van der Waals surface area contributed by atoms with Gasteiger partial charge >= 0.3 is 0 Å². The molecule has 1 heterocycles. The average Bonchev–Trinajstić information content (AvgIpc) is 2.49. The number of fused-ring (bicyclic) bond motifs is 1. The highest BCUT2D eigenvalue weighted by Gasteiger charge is 2.24. The Hall–Kier alpha value is -1.93. The lowest BCUT2D eigenvalue weighted by molar-refractivity contribution is 0.0938. The van der Waals surface area contributed by atoms with Crippen LogP contribution in [0.2, 0.25) is 0 Å². The summed E-state index contributed by atoms with van der Waals surface area (Å²) < 4.78 is 0. The molecule has 3 rings (SSSR count). The predicted octanol–water partition coefficient (Wildman–Crippen LogP) is 3.20. The van der Waals surface area contributed by atoms with Crippen LogP contribution in [0.25, 0.3) is 0 Å². The topological polar surface area (TPSA) is 29.1 Å². The summed E-state index contributed by atoms with van der Waals surface area (Å²) in [5.41, 5.74) is 5.80. The molecule has 1 aliphatic rings. The Kier molecular flexibility index (Phi) is 3.41. The minimum absolute atomic E-state index is 0.105. The number of carbonyl (C=O) groups excluding carboxylic acids is 1. The third kappa shape index (κ3) is 2.39. The van der Waals surface area contributed by atoms with Gasteiger partial charge in [0.2, 0.25) is 0 Å². The molecule has 2 aromatic rings. The van der Waals surface area contributed by atoms with E-state index in [2.05, 4.69) is 31.3 Å². The van der Waals surface area contributed by atoms with Gasteiger partial charge in [0.15, 0.2) is 5.78 Å². The van der Waals surface area contributed by atoms with Gasteiger partial charge in [0.1, 0.15) is 0 Å². The smallest absolute Gasteiger partial charge is 0.180 e. The van der Waals surface area contributed by atoms with Gasteiger partial charge in [-0.1, -0.05) is 36.4 Å². The number of aryl methyl sites for hydroxylation is 2. The van der Waals surface area contributed by atoms with E-state index in [0.29, 0.717) is 0 Å². The van der Waals surface area contributed by atoms with Crippen molar-refractivity contribution in [2.45, 2.75) is 32.9 Å². The van der Waals surface area contributed by atoms with E-state index in [4.69, 9.17) is 0 Å². The van der Waals surface area contributed by atoms with Crippen LogP contribution in [0.5, 0.6) is 0 Å². The summed E-state index contributed by atoms with van der Waals surface area (Å²) >= 11 is 0. The second kappa shape index (κ2) is 5.22. The lowest BCUT2D eigenvalue weighted by atomic mass is 9.90. The maximum atomic E-state index is 12.6. The summed E-state index contributed by atoms with van der Waals surface area (Å²) in [5, 5.41) is 3.36. The van der Waals surface area contributed by atoms with Crippen molar-refractivity contribution in [2.24, 2.45) is 0 Å². The molecule has 2 heteroatoms. The second-order valence-electron chi connectivity index (χ2n) is 5.57. The molecule has 1 N–H and O–H groups in total. The molecule has 0 saturated heterocycles. The van der Waals surface area contributed by atoms with Gasteiger partial charge in [0.25, 0.3) is 0 Å². The molecule has 0 fully saturated rings. The van der Waals surface area contributed by atoms with Crippen molar-refractivity contribution in [3.63, 3.8) is 0 Å². The van der Waals surface area contributed by atoms with E-state index in [-0.39, 0.29) is 11.8 Å². The Morgan fingerprint density at radius 2 is 1.80 bits per heavy atom. The summed E-state index contributed by atoms with van der Waals surface area (Å²) in [4.78, 5) is 12.6. The van der Waals surface area contributed by atoms with E-state index in [1.54, 1.807) is 0 Å². The summed E-state index contributed by atoms with van der Waals surface area (Å²) in [6, 6.07) is 14.2. The zero-order chi connectivity index (χ0) is 14.1. The molecule has 0 spiro atoms. The van der Waals surface area contributed by atoms with Gasteiger partial charge in [-0.05, 0) is 48.6 Å². The molecule has 1 atom stereocenters. The fourth-order valence-corrected chi connectivity index (χ4v) is 2.74. The predicted molar refractivity (Wildman–Crippen MR) is 81.0 cm³/mol. The quantitative estimate of drug-likeness (QED) is 0.845. The Morgan fingerprint density at radius 1 is 1.05 bits per heavy atom. The molecule has 2 aromatic carbocycles. The van der Waals surface area contributed by atoms with E-state index in [0.717, 1.165) is 18.5 Å². The van der Waals surface area contributed by atoms with Crippen molar-refractivity contribution in [1.29, 1.82) is 0 Å². The standard InChI is InChI=1S/C18H19NO/c1-12-7-8-15(9-13(12)2)18(20)17-10-14-5-3-4-6-16(14)11-19-17/h3-9,17,19H,10-11H2,1-2H3. The van der Waals surface area contributed by atoms with E-state index in [9.17, 15) is 4.79 Å². The van der Waals surface area contributed by atoms with Crippen LogP contribution in [-0.2, 0) is 13.0 Å². The first-order valence-electron chi connectivity index (χ1n) is 7.07. The van der Waals surface area contributed by atoms with Gasteiger partial charge in [-0.25, -0.2) is 0 Å². The van der Waals surface area contributed by atoms with Gasteiger partial charge in [-0.15, -0.1) is 0 Å². The van der Waals surface area contributed by atoms with E-state index < -0.39 is 0 Å². The summed E-state index contributed by atoms with van der Waals surface area (Å²) in [6.07, 6.45) is 0.780. The summed E-state index contributed by atoms with van der Waals surface area (Å²) in [7, 11) is 0. The largest absolute Gasteiger partial charge is 0.303 e. The molecule has 20 heavy (non-hydrogen) atoms. The number of hydrogen-bond acceptors (Lipinski definition) is 2. The van der Waals surface area contributed by atoms with Crippen molar-refractivity contribution in [2.75, 3.05) is 0 Å². The maximum absolute atomic E-state index is 12.6. The normalized spacial score (nSPS) is 17.6. The molecule has 2 nitrogen and oxygen atoms in total. The highest BCUT2D eigenvalue weighted by Crippen LogP contribution is 2.19. The number of benzene rings is 2. The highest BCUT2D eigenvalue weighted by atomic mass is 16.1. The van der Waals surface area contributed by atoms with Crippen LogP contribution in [0, 0.1) is 13.8 Å². The first-order valence-corrected chi connectivity index (χ1v) is 7.07. The molecule has 0 aromatic heterocycles. The van der Waals surface area contributed by atoms with Crippen LogP contribution >= 0.6 is 0 Å². The molecular weight excluding hydrogens is 246 g/mol. The minimum atomic E-state index is -0.105. The molecule has 0 radical (unpaired) electrons. The van der Waals surface area contributed by atoms with Crippen LogP contribution in [0.4, 0.5) is 0 Å². The first kappa shape index (κ1) is 13.1. The SMILES string of the molecule is Cc1ccc(C(=O)C2Cc3ccccc3CN2)cc1C. The Balaban J connectivity index is 1.84. The van der Waals surface area contributed by atoms with Gasteiger partial charge in [0, 0.05) is 12.1 Å². The summed E-state index contributed by atoms with van der Waals surface area (Å²) in [6.45, 7) is 4.89. The average molecular weight is 265 g/mol. The van der Waals surface area contributed by atoms with Gasteiger partial charge in [0.05, 0.1) is 6.04 Å². The highest BCUT2D eigenvalue weighted by molar-refractivity contribution is 6.00. The van der Waals surface area contributed by atoms with E-state index in [1.165, 1.54) is 22.3 Å². The Morgan fingerprint density at radius 3 is 2.55 bits per heavy atom. The minimum Gasteiger partial charge on any atom is -0.303 e. The second-order valence-corrected chi connectivity index (χ2v) is 5.57. The van der Waals surface area contributed by atoms with E-state index in [1.807, 2.05) is 30.3 Å². The third-order valence-electron chi connectivity index (χ3n) is 4.19. The monoisotopic (exact) mass is 265 g/mol. The van der Waals surface area contributed by atoms with Crippen LogP contribution in [0.1, 0.15) is 32.6 Å². The van der Waals surface area contributed by atoms with Crippen molar-refractivity contribution in [3.05, 3.63) is 70.3 Å². The third-order valence-corrected chi connectivity index (χ3v) is 4.19. The lowest BCUT2D eigenvalue weighted by Gasteiger charge is -2.25. The summed E-state index contributed by atoms with van der Waals surface area (Å²) in [5.74, 6) is 0.197. The van der Waals surface area contributed by atoms with Crippen LogP contribution in [-0.4, -0.2) is 11.8 Å². The number of Topliss-reactive ketones (excluding diaryl/α,β-unsaturated/α-hetero) is 1. The number of rotatable bonds is 2. The first-order chi connectivity index (χ1) is 9.65. The lowest BCUT2D eigenvalue weighted by Crippen LogP contribution is -2.41.